The number of carbonyl (C=O) groups is 3. The van der Waals surface area contributed by atoms with Crippen LogP contribution in [0.5, 0.6) is 0 Å². The van der Waals surface area contributed by atoms with Crippen LogP contribution < -0.4 is 5.56 Å². The van der Waals surface area contributed by atoms with Crippen LogP contribution in [0.1, 0.15) is 27.0 Å². The number of H-pyrrole nitrogens is 1. The number of hydrogen-bond donors (Lipinski definition) is 1. The van der Waals surface area contributed by atoms with Gasteiger partial charge in [0.2, 0.25) is 0 Å². The maximum absolute atomic E-state index is 11.5. The number of aromatic amines is 1. The summed E-state index contributed by atoms with van der Waals surface area (Å²) in [5.41, 5.74) is -0.527. The first kappa shape index (κ1) is 19.7. The Balaban J connectivity index is 2.46. The Bertz CT molecular complexity index is 819. The molecular weight excluding hydrogens is 370 g/mol. The van der Waals surface area contributed by atoms with Crippen molar-refractivity contribution in [2.75, 3.05) is 6.61 Å². The van der Waals surface area contributed by atoms with E-state index in [9.17, 15) is 19.2 Å². The van der Waals surface area contributed by atoms with Crippen molar-refractivity contribution in [1.29, 1.82) is 0 Å². The van der Waals surface area contributed by atoms with Gasteiger partial charge in [0.25, 0.3) is 5.56 Å². The van der Waals surface area contributed by atoms with E-state index in [-0.39, 0.29) is 11.4 Å². The topological polar surface area (TPSA) is 139 Å². The minimum atomic E-state index is -1.22. The van der Waals surface area contributed by atoms with E-state index in [2.05, 4.69) is 10.1 Å². The fourth-order valence-electron chi connectivity index (χ4n) is 2.48. The van der Waals surface area contributed by atoms with Gasteiger partial charge in [-0.1, -0.05) is 0 Å². The summed E-state index contributed by atoms with van der Waals surface area (Å²) in [4.78, 5) is 48.0. The second-order valence-corrected chi connectivity index (χ2v) is 5.79. The second-order valence-electron chi connectivity index (χ2n) is 5.40. The fourth-order valence-corrected chi connectivity index (χ4v) is 2.73. The average molecular weight is 387 g/mol. The van der Waals surface area contributed by atoms with Crippen LogP contribution in [0.4, 0.5) is 0 Å². The van der Waals surface area contributed by atoms with Gasteiger partial charge in [-0.2, -0.15) is 5.10 Å². The highest BCUT2D eigenvalue weighted by atomic mass is 32.1. The number of ether oxygens (including phenoxy) is 4. The maximum Gasteiger partial charge on any atom is 0.303 e. The molecule has 2 rings (SSSR count). The van der Waals surface area contributed by atoms with Gasteiger partial charge in [0.15, 0.2) is 29.3 Å². The Kier molecular flexibility index (Phi) is 6.21. The summed E-state index contributed by atoms with van der Waals surface area (Å²) in [7, 11) is 0. The van der Waals surface area contributed by atoms with Crippen molar-refractivity contribution in [1.82, 2.24) is 14.8 Å². The third-order valence-corrected chi connectivity index (χ3v) is 3.59. The molecule has 1 aliphatic rings. The molecule has 0 radical (unpaired) electrons. The van der Waals surface area contributed by atoms with Crippen LogP contribution in [0.15, 0.2) is 11.0 Å². The molecule has 1 N–H and O–H groups in total. The molecule has 1 fully saturated rings. The summed E-state index contributed by atoms with van der Waals surface area (Å²) in [6.07, 6.45) is -3.54. The van der Waals surface area contributed by atoms with Crippen LogP contribution in [-0.2, 0) is 33.3 Å². The molecule has 4 atom stereocenters. The van der Waals surface area contributed by atoms with Gasteiger partial charge in [-0.05, 0) is 12.2 Å². The summed E-state index contributed by atoms with van der Waals surface area (Å²) < 4.78 is 22.2. The Morgan fingerprint density at radius 2 is 1.73 bits per heavy atom. The number of rotatable bonds is 4. The SMILES string of the molecule is CC(=O)O[C@H]1[C@H](OC(C)=O)[C@H](n2ncc(=O)[nH]c2=S)OC[C@@H]1OC(C)=O. The zero-order chi connectivity index (χ0) is 19.4. The molecule has 26 heavy (non-hydrogen) atoms. The van der Waals surface area contributed by atoms with Gasteiger partial charge in [-0.25, -0.2) is 4.68 Å². The molecule has 0 aromatic carbocycles. The molecule has 12 heteroatoms. The van der Waals surface area contributed by atoms with Crippen molar-refractivity contribution >= 4 is 30.1 Å². The van der Waals surface area contributed by atoms with E-state index < -0.39 is 48.0 Å². The molecule has 0 spiro atoms. The molecular formula is C14H17N3O8S. The largest absolute Gasteiger partial charge is 0.456 e. The van der Waals surface area contributed by atoms with E-state index in [4.69, 9.17) is 31.2 Å². The van der Waals surface area contributed by atoms with E-state index in [0.717, 1.165) is 24.7 Å². The van der Waals surface area contributed by atoms with Gasteiger partial charge in [-0.3, -0.25) is 24.2 Å². The van der Waals surface area contributed by atoms with E-state index in [1.54, 1.807) is 0 Å². The predicted octanol–water partition coefficient (Wildman–Crippen LogP) is -0.375. The smallest absolute Gasteiger partial charge is 0.303 e. The number of hydrogen-bond acceptors (Lipinski definition) is 10. The highest BCUT2D eigenvalue weighted by Crippen LogP contribution is 2.30. The first-order valence-corrected chi connectivity index (χ1v) is 7.91. The third-order valence-electron chi connectivity index (χ3n) is 3.30. The summed E-state index contributed by atoms with van der Waals surface area (Å²) in [5.74, 6) is -2.00. The first-order chi connectivity index (χ1) is 12.2. The van der Waals surface area contributed by atoms with Gasteiger partial charge >= 0.3 is 17.9 Å². The molecule has 1 saturated heterocycles. The lowest BCUT2D eigenvalue weighted by Crippen LogP contribution is -2.56. The Morgan fingerprint density at radius 1 is 1.15 bits per heavy atom. The molecule has 11 nitrogen and oxygen atoms in total. The minimum absolute atomic E-state index is 0.0906. The summed E-state index contributed by atoms with van der Waals surface area (Å²) in [6.45, 7) is 3.31. The van der Waals surface area contributed by atoms with Crippen LogP contribution in [-0.4, -0.2) is 57.6 Å². The zero-order valence-corrected chi connectivity index (χ0v) is 15.0. The van der Waals surface area contributed by atoms with Gasteiger partial charge in [0, 0.05) is 20.8 Å². The zero-order valence-electron chi connectivity index (χ0n) is 14.2. The van der Waals surface area contributed by atoms with E-state index in [1.807, 2.05) is 0 Å². The van der Waals surface area contributed by atoms with E-state index in [1.165, 1.54) is 6.92 Å². The Labute approximate surface area is 152 Å². The second kappa shape index (κ2) is 8.19. The van der Waals surface area contributed by atoms with Crippen molar-refractivity contribution in [3.05, 3.63) is 21.3 Å². The Morgan fingerprint density at radius 3 is 2.27 bits per heavy atom. The number of nitrogens with one attached hydrogen (secondary N) is 1. The normalized spacial score (nSPS) is 25.2. The number of nitrogens with zero attached hydrogens (tertiary/aromatic N) is 2. The molecule has 142 valence electrons. The lowest BCUT2D eigenvalue weighted by atomic mass is 10.0. The molecule has 0 unspecified atom stereocenters. The van der Waals surface area contributed by atoms with Crippen molar-refractivity contribution in [2.45, 2.75) is 45.3 Å². The van der Waals surface area contributed by atoms with Crippen molar-refractivity contribution in [3.8, 4) is 0 Å². The van der Waals surface area contributed by atoms with Crippen molar-refractivity contribution < 1.29 is 33.3 Å². The highest BCUT2D eigenvalue weighted by molar-refractivity contribution is 7.71. The quantitative estimate of drug-likeness (QED) is 0.413. The van der Waals surface area contributed by atoms with Crippen LogP contribution in [0.3, 0.4) is 0 Å². The Hall–Kier alpha value is -2.60. The predicted molar refractivity (Wildman–Crippen MR) is 85.3 cm³/mol. The molecule has 1 aromatic rings. The number of carbonyl (C=O) groups excluding carboxylic acids is 3. The standard InChI is InChI=1S/C14H17N3O8S/c1-6(18)23-9-5-22-13(17-14(26)16-10(21)4-15-17)12(25-8(3)20)11(9)24-7(2)19/h4,9,11-13H,5H2,1-3H3,(H,16,21,26)/t9-,11+,12-,13+/m0/s1. The van der Waals surface area contributed by atoms with Crippen LogP contribution in [0, 0.1) is 4.77 Å². The lowest BCUT2D eigenvalue weighted by Gasteiger charge is -2.40. The maximum atomic E-state index is 11.5. The molecule has 1 aliphatic heterocycles. The van der Waals surface area contributed by atoms with E-state index in [0.29, 0.717) is 0 Å². The number of esters is 3. The van der Waals surface area contributed by atoms with Crippen LogP contribution >= 0.6 is 12.2 Å². The van der Waals surface area contributed by atoms with Crippen molar-refractivity contribution in [2.24, 2.45) is 0 Å². The van der Waals surface area contributed by atoms with Gasteiger partial charge < -0.3 is 18.9 Å². The summed E-state index contributed by atoms with van der Waals surface area (Å²) >= 11 is 5.04. The molecule has 0 bridgehead atoms. The molecule has 1 aromatic heterocycles. The fraction of sp³-hybridized carbons (Fsp3) is 0.571. The van der Waals surface area contributed by atoms with Crippen molar-refractivity contribution in [3.63, 3.8) is 0 Å². The highest BCUT2D eigenvalue weighted by Gasteiger charge is 2.48. The molecule has 0 amide bonds. The summed E-state index contributed by atoms with van der Waals surface area (Å²) in [5, 5.41) is 3.86. The van der Waals surface area contributed by atoms with E-state index >= 15 is 0 Å². The first-order valence-electron chi connectivity index (χ1n) is 7.50. The lowest BCUT2D eigenvalue weighted by molar-refractivity contribution is -0.242. The minimum Gasteiger partial charge on any atom is -0.456 e. The van der Waals surface area contributed by atoms with Crippen LogP contribution in [0.25, 0.3) is 0 Å². The van der Waals surface area contributed by atoms with Gasteiger partial charge in [0.1, 0.15) is 6.20 Å². The summed E-state index contributed by atoms with van der Waals surface area (Å²) in [6, 6.07) is 0. The van der Waals surface area contributed by atoms with Gasteiger partial charge in [-0.15, -0.1) is 0 Å². The van der Waals surface area contributed by atoms with Crippen LogP contribution in [0.2, 0.25) is 0 Å². The molecule has 0 aliphatic carbocycles. The van der Waals surface area contributed by atoms with Gasteiger partial charge in [0.05, 0.1) is 6.61 Å². The molecule has 2 heterocycles. The third kappa shape index (κ3) is 4.73. The monoisotopic (exact) mass is 387 g/mol. The average Bonchev–Trinajstić information content (AvgIpc) is 2.50. The molecule has 0 saturated carbocycles. The number of aromatic nitrogens is 3.